The van der Waals surface area contributed by atoms with E-state index in [0.717, 1.165) is 38.9 Å². The molecule has 0 unspecified atom stereocenters. The maximum absolute atomic E-state index is 5.22. The minimum atomic E-state index is 0.373. The highest BCUT2D eigenvalue weighted by atomic mass is 16.5. The Balaban J connectivity index is 2.73. The monoisotopic (exact) mass is 309 g/mol. The Labute approximate surface area is 134 Å². The molecule has 0 aliphatic carbocycles. The summed E-state index contributed by atoms with van der Waals surface area (Å²) >= 11 is 0. The molecular weight excluding hydrogens is 278 g/mol. The normalized spacial score (nSPS) is 10.5. The molecule has 1 heterocycles. The van der Waals surface area contributed by atoms with Gasteiger partial charge in [-0.3, -0.25) is 0 Å². The van der Waals surface area contributed by atoms with Crippen molar-refractivity contribution in [3.63, 3.8) is 0 Å². The van der Waals surface area contributed by atoms with Gasteiger partial charge in [0.05, 0.1) is 7.11 Å². The third-order valence-electron chi connectivity index (χ3n) is 3.37. The maximum atomic E-state index is 5.22. The third-order valence-corrected chi connectivity index (χ3v) is 3.37. The van der Waals surface area contributed by atoms with E-state index in [4.69, 9.17) is 4.74 Å². The van der Waals surface area contributed by atoms with Crippen LogP contribution in [0, 0.1) is 0 Å². The van der Waals surface area contributed by atoms with Gasteiger partial charge in [-0.1, -0.05) is 40.0 Å². The van der Waals surface area contributed by atoms with Crippen LogP contribution in [0.5, 0.6) is 6.01 Å². The molecule has 6 nitrogen and oxygen atoms in total. The van der Waals surface area contributed by atoms with Crippen molar-refractivity contribution in [2.45, 2.75) is 59.3 Å². The lowest BCUT2D eigenvalue weighted by molar-refractivity contribution is 0.378. The zero-order valence-corrected chi connectivity index (χ0v) is 14.6. The predicted molar refractivity (Wildman–Crippen MR) is 91.8 cm³/mol. The van der Waals surface area contributed by atoms with Crippen LogP contribution in [-0.2, 0) is 0 Å². The first kappa shape index (κ1) is 18.5. The minimum absolute atomic E-state index is 0.373. The summed E-state index contributed by atoms with van der Waals surface area (Å²) in [7, 11) is 1.59. The molecule has 1 N–H and O–H groups in total. The number of unbranched alkanes of at least 4 members (excludes halogenated alkanes) is 3. The summed E-state index contributed by atoms with van der Waals surface area (Å²) in [6.45, 7) is 9.30. The molecule has 0 amide bonds. The smallest absolute Gasteiger partial charge is 0.322 e. The number of nitrogens with one attached hydrogen (secondary N) is 1. The molecule has 126 valence electrons. The average molecular weight is 309 g/mol. The lowest BCUT2D eigenvalue weighted by atomic mass is 10.2. The zero-order chi connectivity index (χ0) is 16.2. The molecule has 0 radical (unpaired) electrons. The van der Waals surface area contributed by atoms with Gasteiger partial charge in [0.15, 0.2) is 0 Å². The van der Waals surface area contributed by atoms with Crippen LogP contribution in [0.1, 0.15) is 59.3 Å². The van der Waals surface area contributed by atoms with E-state index in [9.17, 15) is 0 Å². The molecule has 1 aromatic heterocycles. The summed E-state index contributed by atoms with van der Waals surface area (Å²) in [6, 6.07) is 0.373. The van der Waals surface area contributed by atoms with Gasteiger partial charge in [0, 0.05) is 19.6 Å². The molecule has 0 aliphatic heterocycles. The Morgan fingerprint density at radius 3 is 2.23 bits per heavy atom. The van der Waals surface area contributed by atoms with Crippen molar-refractivity contribution < 1.29 is 4.74 Å². The molecule has 0 saturated carbocycles. The first-order valence-electron chi connectivity index (χ1n) is 8.53. The van der Waals surface area contributed by atoms with Gasteiger partial charge in [0.1, 0.15) is 0 Å². The molecule has 1 aromatic rings. The molecular formula is C16H31N5O. The number of aromatic nitrogens is 3. The van der Waals surface area contributed by atoms with Gasteiger partial charge in [-0.05, 0) is 19.3 Å². The Morgan fingerprint density at radius 2 is 1.64 bits per heavy atom. The number of nitrogens with zero attached hydrogens (tertiary/aromatic N) is 4. The van der Waals surface area contributed by atoms with Crippen LogP contribution in [0.4, 0.5) is 11.9 Å². The lowest BCUT2D eigenvalue weighted by Crippen LogP contribution is -2.27. The fraction of sp³-hybridized carbons (Fsp3) is 0.812. The molecule has 0 aliphatic rings. The summed E-state index contributed by atoms with van der Waals surface area (Å²) in [5, 5.41) is 3.29. The Morgan fingerprint density at radius 1 is 0.909 bits per heavy atom. The zero-order valence-electron chi connectivity index (χ0n) is 14.6. The maximum Gasteiger partial charge on any atom is 0.322 e. The van der Waals surface area contributed by atoms with Crippen molar-refractivity contribution >= 4 is 11.9 Å². The highest BCUT2D eigenvalue weighted by Gasteiger charge is 2.12. The number of hydrogen-bond donors (Lipinski definition) is 1. The first-order valence-corrected chi connectivity index (χ1v) is 8.53. The Kier molecular flexibility index (Phi) is 9.26. The van der Waals surface area contributed by atoms with E-state index >= 15 is 0 Å². The second-order valence-corrected chi connectivity index (χ2v) is 5.42. The summed E-state index contributed by atoms with van der Waals surface area (Å²) in [4.78, 5) is 15.4. The Hall–Kier alpha value is -1.59. The van der Waals surface area contributed by atoms with Crippen LogP contribution >= 0.6 is 0 Å². The van der Waals surface area contributed by atoms with Gasteiger partial charge in [-0.25, -0.2) is 0 Å². The number of rotatable bonds is 12. The van der Waals surface area contributed by atoms with Crippen LogP contribution in [0.2, 0.25) is 0 Å². The van der Waals surface area contributed by atoms with Crippen molar-refractivity contribution in [1.29, 1.82) is 0 Å². The quantitative estimate of drug-likeness (QED) is 0.596. The third kappa shape index (κ3) is 6.45. The van der Waals surface area contributed by atoms with Crippen molar-refractivity contribution in [3.05, 3.63) is 0 Å². The second-order valence-electron chi connectivity index (χ2n) is 5.42. The summed E-state index contributed by atoms with van der Waals surface area (Å²) in [5.74, 6) is 1.31. The molecule has 0 saturated heterocycles. The van der Waals surface area contributed by atoms with Gasteiger partial charge in [-0.15, -0.1) is 0 Å². The van der Waals surface area contributed by atoms with Crippen LogP contribution in [0.15, 0.2) is 0 Å². The molecule has 1 rings (SSSR count). The van der Waals surface area contributed by atoms with Crippen molar-refractivity contribution in [2.75, 3.05) is 37.0 Å². The molecule has 0 spiro atoms. The fourth-order valence-electron chi connectivity index (χ4n) is 2.26. The number of methoxy groups -OCH3 is 1. The van der Waals surface area contributed by atoms with E-state index in [1.807, 2.05) is 0 Å². The van der Waals surface area contributed by atoms with Gasteiger partial charge < -0.3 is 15.0 Å². The van der Waals surface area contributed by atoms with E-state index in [1.165, 1.54) is 19.3 Å². The second kappa shape index (κ2) is 11.0. The van der Waals surface area contributed by atoms with Crippen LogP contribution in [0.25, 0.3) is 0 Å². The van der Waals surface area contributed by atoms with Crippen LogP contribution < -0.4 is 15.0 Å². The van der Waals surface area contributed by atoms with Crippen molar-refractivity contribution in [2.24, 2.45) is 0 Å². The van der Waals surface area contributed by atoms with Crippen LogP contribution in [0.3, 0.4) is 0 Å². The van der Waals surface area contributed by atoms with E-state index in [0.29, 0.717) is 17.9 Å². The van der Waals surface area contributed by atoms with Gasteiger partial charge >= 0.3 is 6.01 Å². The summed E-state index contributed by atoms with van der Waals surface area (Å²) < 4.78 is 5.22. The molecule has 6 heteroatoms. The standard InChI is InChI=1S/C16H31N5O/c1-5-8-9-10-11-17-14-18-15(20-16(19-14)22-4)21(12-6-2)13-7-3/h5-13H2,1-4H3,(H,17,18,19,20). The highest BCUT2D eigenvalue weighted by molar-refractivity contribution is 5.38. The van der Waals surface area contributed by atoms with E-state index < -0.39 is 0 Å². The highest BCUT2D eigenvalue weighted by Crippen LogP contribution is 2.15. The average Bonchev–Trinajstić information content (AvgIpc) is 2.54. The summed E-state index contributed by atoms with van der Waals surface area (Å²) in [5.41, 5.74) is 0. The minimum Gasteiger partial charge on any atom is -0.467 e. The lowest BCUT2D eigenvalue weighted by Gasteiger charge is -2.21. The molecule has 0 aromatic carbocycles. The predicted octanol–water partition coefficient (Wildman–Crippen LogP) is 3.50. The van der Waals surface area contributed by atoms with Crippen molar-refractivity contribution in [3.8, 4) is 6.01 Å². The molecule has 22 heavy (non-hydrogen) atoms. The Bertz CT molecular complexity index is 408. The van der Waals surface area contributed by atoms with E-state index in [-0.39, 0.29) is 0 Å². The molecule has 0 atom stereocenters. The topological polar surface area (TPSA) is 63.2 Å². The number of hydrogen-bond acceptors (Lipinski definition) is 6. The number of ether oxygens (including phenoxy) is 1. The van der Waals surface area contributed by atoms with Gasteiger partial charge in [0.25, 0.3) is 0 Å². The largest absolute Gasteiger partial charge is 0.467 e. The van der Waals surface area contributed by atoms with Gasteiger partial charge in [-0.2, -0.15) is 15.0 Å². The fourth-order valence-corrected chi connectivity index (χ4v) is 2.26. The van der Waals surface area contributed by atoms with Gasteiger partial charge in [0.2, 0.25) is 11.9 Å². The number of anilines is 2. The van der Waals surface area contributed by atoms with Crippen molar-refractivity contribution in [1.82, 2.24) is 15.0 Å². The van der Waals surface area contributed by atoms with Crippen LogP contribution in [-0.4, -0.2) is 41.7 Å². The molecule has 0 bridgehead atoms. The van der Waals surface area contributed by atoms with E-state index in [1.54, 1.807) is 7.11 Å². The molecule has 0 fully saturated rings. The summed E-state index contributed by atoms with van der Waals surface area (Å²) in [6.07, 6.45) is 7.00. The SMILES string of the molecule is CCCCCCNc1nc(OC)nc(N(CCC)CCC)n1. The first-order chi connectivity index (χ1) is 10.7. The van der Waals surface area contributed by atoms with E-state index in [2.05, 4.69) is 45.9 Å².